The molecule has 4 aromatic rings. The third-order valence-electron chi connectivity index (χ3n) is 4.90. The quantitative estimate of drug-likeness (QED) is 0.492. The molecular weight excluding hydrogens is 372 g/mol. The number of halogens is 1. The Labute approximate surface area is 167 Å². The van der Waals surface area contributed by atoms with Crippen molar-refractivity contribution in [2.24, 2.45) is 5.10 Å². The van der Waals surface area contributed by atoms with Crippen LogP contribution >= 0.6 is 11.6 Å². The Morgan fingerprint density at radius 3 is 2.46 bits per heavy atom. The van der Waals surface area contributed by atoms with Gasteiger partial charge < -0.3 is 4.57 Å². The van der Waals surface area contributed by atoms with Gasteiger partial charge in [0.1, 0.15) is 11.8 Å². The van der Waals surface area contributed by atoms with E-state index in [-0.39, 0.29) is 6.04 Å². The summed E-state index contributed by atoms with van der Waals surface area (Å²) in [5.74, 6) is 0. The second-order valence-electron chi connectivity index (χ2n) is 6.68. The molecule has 7 heteroatoms. The van der Waals surface area contributed by atoms with Crippen molar-refractivity contribution in [3.8, 4) is 0 Å². The largest absolute Gasteiger partial charge is 0.313 e. The van der Waals surface area contributed by atoms with Crippen LogP contribution in [0.5, 0.6) is 0 Å². The summed E-state index contributed by atoms with van der Waals surface area (Å²) in [4.78, 5) is 12.8. The molecule has 1 aliphatic heterocycles. The molecule has 138 valence electrons. The van der Waals surface area contributed by atoms with Gasteiger partial charge in [-0.2, -0.15) is 5.10 Å². The highest BCUT2D eigenvalue weighted by molar-refractivity contribution is 6.33. The van der Waals surface area contributed by atoms with Gasteiger partial charge in [-0.25, -0.2) is 15.0 Å². The number of hydrogen-bond acceptors (Lipinski definition) is 5. The van der Waals surface area contributed by atoms with Crippen molar-refractivity contribution < 1.29 is 0 Å². The van der Waals surface area contributed by atoms with Gasteiger partial charge in [0.15, 0.2) is 10.8 Å². The van der Waals surface area contributed by atoms with Crippen molar-refractivity contribution in [2.45, 2.75) is 19.0 Å². The first kappa shape index (κ1) is 16.9. The van der Waals surface area contributed by atoms with Gasteiger partial charge in [-0.3, -0.25) is 5.01 Å². The molecule has 0 amide bonds. The second kappa shape index (κ2) is 7.05. The van der Waals surface area contributed by atoms with Crippen LogP contribution in [0.2, 0.25) is 5.15 Å². The fraction of sp³-hybridized carbons (Fsp3) is 0.143. The zero-order chi connectivity index (χ0) is 18.9. The summed E-state index contributed by atoms with van der Waals surface area (Å²) in [6.45, 7) is 0.693. The zero-order valence-electron chi connectivity index (χ0n) is 15.0. The number of benzene rings is 2. The minimum Gasteiger partial charge on any atom is -0.313 e. The molecule has 1 aliphatic rings. The standard InChI is InChI=1S/C21H17ClN6/c22-20-19-21(24-13-23-20)27(14-25-19)12-17-11-18(15-7-3-1-4-8-15)26-28(17)16-9-5-2-6-10-16/h1-10,13-14,17H,11-12H2. The number of hydrazone groups is 1. The van der Waals surface area contributed by atoms with Gasteiger partial charge in [-0.05, 0) is 17.7 Å². The SMILES string of the molecule is Clc1ncnc2c1ncn2CC1CC(c2ccccc2)=NN1c1ccccc1. The molecule has 6 nitrogen and oxygen atoms in total. The predicted octanol–water partition coefficient (Wildman–Crippen LogP) is 4.16. The second-order valence-corrected chi connectivity index (χ2v) is 7.04. The van der Waals surface area contributed by atoms with E-state index < -0.39 is 0 Å². The van der Waals surface area contributed by atoms with E-state index in [2.05, 4.69) is 44.2 Å². The van der Waals surface area contributed by atoms with Crippen molar-refractivity contribution in [1.82, 2.24) is 19.5 Å². The fourth-order valence-corrected chi connectivity index (χ4v) is 3.75. The number of para-hydroxylation sites is 1. The number of rotatable bonds is 4. The van der Waals surface area contributed by atoms with Crippen LogP contribution in [0.3, 0.4) is 0 Å². The number of imidazole rings is 1. The Hall–Kier alpha value is -3.25. The van der Waals surface area contributed by atoms with Crippen molar-refractivity contribution in [1.29, 1.82) is 0 Å². The lowest BCUT2D eigenvalue weighted by Gasteiger charge is -2.24. The highest BCUT2D eigenvalue weighted by Gasteiger charge is 2.29. The summed E-state index contributed by atoms with van der Waals surface area (Å²) in [5, 5.41) is 7.41. The fourth-order valence-electron chi connectivity index (χ4n) is 3.57. The Morgan fingerprint density at radius 2 is 1.68 bits per heavy atom. The molecule has 2 aromatic heterocycles. The highest BCUT2D eigenvalue weighted by Crippen LogP contribution is 2.28. The third kappa shape index (κ3) is 3.01. The molecule has 1 unspecified atom stereocenters. The Kier molecular flexibility index (Phi) is 4.25. The first-order valence-electron chi connectivity index (χ1n) is 9.08. The number of hydrogen-bond donors (Lipinski definition) is 0. The summed E-state index contributed by atoms with van der Waals surface area (Å²) in [6.07, 6.45) is 4.07. The average molecular weight is 389 g/mol. The summed E-state index contributed by atoms with van der Waals surface area (Å²) in [5.41, 5.74) is 4.65. The van der Waals surface area contributed by atoms with Gasteiger partial charge in [0.2, 0.25) is 0 Å². The topological polar surface area (TPSA) is 59.2 Å². The van der Waals surface area contributed by atoms with Gasteiger partial charge >= 0.3 is 0 Å². The van der Waals surface area contributed by atoms with E-state index in [1.807, 2.05) is 41.0 Å². The Morgan fingerprint density at radius 1 is 0.929 bits per heavy atom. The number of anilines is 1. The average Bonchev–Trinajstić information content (AvgIpc) is 3.35. The van der Waals surface area contributed by atoms with E-state index in [0.717, 1.165) is 29.0 Å². The Balaban J connectivity index is 1.51. The molecule has 0 fully saturated rings. The van der Waals surface area contributed by atoms with Crippen LogP contribution in [0.4, 0.5) is 5.69 Å². The van der Waals surface area contributed by atoms with E-state index in [1.165, 1.54) is 6.33 Å². The maximum absolute atomic E-state index is 6.15. The van der Waals surface area contributed by atoms with E-state index in [1.54, 1.807) is 6.33 Å². The lowest BCUT2D eigenvalue weighted by molar-refractivity contribution is 0.555. The van der Waals surface area contributed by atoms with Gasteiger partial charge in [0.25, 0.3) is 0 Å². The van der Waals surface area contributed by atoms with E-state index >= 15 is 0 Å². The molecule has 28 heavy (non-hydrogen) atoms. The molecule has 0 radical (unpaired) electrons. The molecule has 0 spiro atoms. The van der Waals surface area contributed by atoms with E-state index in [4.69, 9.17) is 16.7 Å². The molecule has 0 saturated heterocycles. The molecule has 3 heterocycles. The van der Waals surface area contributed by atoms with Gasteiger partial charge in [0.05, 0.1) is 23.8 Å². The minimum absolute atomic E-state index is 0.142. The van der Waals surface area contributed by atoms with Gasteiger partial charge in [-0.15, -0.1) is 0 Å². The molecule has 0 aliphatic carbocycles. The summed E-state index contributed by atoms with van der Waals surface area (Å²) in [7, 11) is 0. The molecule has 1 atom stereocenters. The van der Waals surface area contributed by atoms with Crippen molar-refractivity contribution in [2.75, 3.05) is 5.01 Å². The maximum atomic E-state index is 6.15. The molecular formula is C21H17ClN6. The van der Waals surface area contributed by atoms with E-state index in [9.17, 15) is 0 Å². The van der Waals surface area contributed by atoms with Crippen molar-refractivity contribution in [3.63, 3.8) is 0 Å². The van der Waals surface area contributed by atoms with Crippen LogP contribution in [0.15, 0.2) is 78.4 Å². The zero-order valence-corrected chi connectivity index (χ0v) is 15.7. The summed E-state index contributed by atoms with van der Waals surface area (Å²) in [6, 6.07) is 20.7. The van der Waals surface area contributed by atoms with Crippen LogP contribution in [-0.2, 0) is 6.54 Å². The first-order chi connectivity index (χ1) is 13.8. The Bertz CT molecular complexity index is 1140. The van der Waals surface area contributed by atoms with Crippen LogP contribution < -0.4 is 5.01 Å². The first-order valence-corrected chi connectivity index (χ1v) is 9.46. The molecule has 5 rings (SSSR count). The molecule has 0 N–H and O–H groups in total. The summed E-state index contributed by atoms with van der Waals surface area (Å²) >= 11 is 6.15. The molecule has 2 aromatic carbocycles. The van der Waals surface area contributed by atoms with Crippen LogP contribution in [-0.4, -0.2) is 31.3 Å². The lowest BCUT2D eigenvalue weighted by atomic mass is 10.0. The van der Waals surface area contributed by atoms with Crippen molar-refractivity contribution >= 4 is 34.2 Å². The normalized spacial score (nSPS) is 16.5. The summed E-state index contributed by atoms with van der Waals surface area (Å²) < 4.78 is 2.02. The monoisotopic (exact) mass is 388 g/mol. The van der Waals surface area contributed by atoms with Gasteiger partial charge in [-0.1, -0.05) is 60.1 Å². The maximum Gasteiger partial charge on any atom is 0.164 e. The number of aromatic nitrogens is 4. The smallest absolute Gasteiger partial charge is 0.164 e. The molecule has 0 saturated carbocycles. The number of fused-ring (bicyclic) bond motifs is 1. The minimum atomic E-state index is 0.142. The van der Waals surface area contributed by atoms with Crippen LogP contribution in [0.25, 0.3) is 11.2 Å². The van der Waals surface area contributed by atoms with Crippen LogP contribution in [0, 0.1) is 0 Å². The highest BCUT2D eigenvalue weighted by atomic mass is 35.5. The number of nitrogens with zero attached hydrogens (tertiary/aromatic N) is 6. The van der Waals surface area contributed by atoms with E-state index in [0.29, 0.717) is 17.2 Å². The third-order valence-corrected chi connectivity index (χ3v) is 5.17. The molecule has 0 bridgehead atoms. The lowest BCUT2D eigenvalue weighted by Crippen LogP contribution is -2.30. The predicted molar refractivity (Wildman–Crippen MR) is 111 cm³/mol. The van der Waals surface area contributed by atoms with Gasteiger partial charge in [0, 0.05) is 13.0 Å². The van der Waals surface area contributed by atoms with Crippen LogP contribution in [0.1, 0.15) is 12.0 Å². The van der Waals surface area contributed by atoms with Crippen molar-refractivity contribution in [3.05, 3.63) is 84.0 Å².